The van der Waals surface area contributed by atoms with E-state index in [0.29, 0.717) is 16.8 Å². The molecule has 0 saturated carbocycles. The van der Waals surface area contributed by atoms with Crippen LogP contribution in [0.15, 0.2) is 18.3 Å². The summed E-state index contributed by atoms with van der Waals surface area (Å²) in [5.41, 5.74) is 2.53. The normalized spacial score (nSPS) is 26.5. The van der Waals surface area contributed by atoms with Gasteiger partial charge in [0.05, 0.1) is 7.11 Å². The molecule has 3 rings (SSSR count). The van der Waals surface area contributed by atoms with Gasteiger partial charge in [0, 0.05) is 12.7 Å². The fraction of sp³-hybridized carbons (Fsp3) is 0.533. The molecule has 0 radical (unpaired) electrons. The second kappa shape index (κ2) is 5.51. The minimum Gasteiger partial charge on any atom is -0.494 e. The van der Waals surface area contributed by atoms with E-state index in [2.05, 4.69) is 16.4 Å². The standard InChI is InChI=1S/C15H19ClN2O/c1-19-14-7-13(9-18-15(14)16)11-3-2-10-4-5-17-8-12(10)6-11/h6-7,9-10,12,17H,2-5,8H2,1H3/t10-,12+/m1/s1. The first-order valence-electron chi connectivity index (χ1n) is 6.89. The van der Waals surface area contributed by atoms with E-state index in [1.54, 1.807) is 7.11 Å². The molecule has 4 heteroatoms. The van der Waals surface area contributed by atoms with Crippen molar-refractivity contribution >= 4 is 17.2 Å². The Labute approximate surface area is 119 Å². The lowest BCUT2D eigenvalue weighted by atomic mass is 9.76. The van der Waals surface area contributed by atoms with E-state index in [0.717, 1.165) is 24.4 Å². The summed E-state index contributed by atoms with van der Waals surface area (Å²) in [5, 5.41) is 3.91. The summed E-state index contributed by atoms with van der Waals surface area (Å²) in [6.45, 7) is 2.27. The van der Waals surface area contributed by atoms with E-state index in [-0.39, 0.29) is 0 Å². The Hall–Kier alpha value is -1.06. The highest BCUT2D eigenvalue weighted by Gasteiger charge is 2.27. The number of aromatic nitrogens is 1. The lowest BCUT2D eigenvalue weighted by molar-refractivity contribution is 0.279. The van der Waals surface area contributed by atoms with Crippen LogP contribution in [0.5, 0.6) is 5.75 Å². The van der Waals surface area contributed by atoms with Crippen LogP contribution in [0.25, 0.3) is 5.57 Å². The minimum absolute atomic E-state index is 0.430. The molecule has 1 aromatic heterocycles. The van der Waals surface area contributed by atoms with Gasteiger partial charge in [0.15, 0.2) is 10.9 Å². The van der Waals surface area contributed by atoms with Crippen molar-refractivity contribution in [3.8, 4) is 5.75 Å². The van der Waals surface area contributed by atoms with Crippen LogP contribution in [0.2, 0.25) is 5.15 Å². The van der Waals surface area contributed by atoms with E-state index in [1.165, 1.54) is 25.0 Å². The number of fused-ring (bicyclic) bond motifs is 1. The molecule has 2 aliphatic rings. The number of hydrogen-bond donors (Lipinski definition) is 1. The van der Waals surface area contributed by atoms with Gasteiger partial charge in [-0.25, -0.2) is 4.98 Å². The molecule has 0 unspecified atom stereocenters. The number of piperidine rings is 1. The molecule has 2 heterocycles. The van der Waals surface area contributed by atoms with Crippen LogP contribution in [0.3, 0.4) is 0 Å². The molecule has 19 heavy (non-hydrogen) atoms. The van der Waals surface area contributed by atoms with Gasteiger partial charge in [-0.05, 0) is 54.8 Å². The summed E-state index contributed by atoms with van der Waals surface area (Å²) in [7, 11) is 1.63. The zero-order chi connectivity index (χ0) is 13.2. The quantitative estimate of drug-likeness (QED) is 0.844. The van der Waals surface area contributed by atoms with E-state index in [9.17, 15) is 0 Å². The Morgan fingerprint density at radius 2 is 2.32 bits per heavy atom. The summed E-state index contributed by atoms with van der Waals surface area (Å²) in [6.07, 6.45) is 7.99. The highest BCUT2D eigenvalue weighted by molar-refractivity contribution is 6.30. The van der Waals surface area contributed by atoms with Gasteiger partial charge in [0.1, 0.15) is 0 Å². The van der Waals surface area contributed by atoms with Crippen molar-refractivity contribution in [1.29, 1.82) is 0 Å². The Morgan fingerprint density at radius 1 is 1.42 bits per heavy atom. The average Bonchev–Trinajstić information content (AvgIpc) is 2.47. The van der Waals surface area contributed by atoms with Crippen LogP contribution >= 0.6 is 11.6 Å². The van der Waals surface area contributed by atoms with Crippen LogP contribution in [0, 0.1) is 11.8 Å². The summed E-state index contributed by atoms with van der Waals surface area (Å²) in [4.78, 5) is 4.21. The van der Waals surface area contributed by atoms with E-state index >= 15 is 0 Å². The Balaban J connectivity index is 1.87. The third-order valence-electron chi connectivity index (χ3n) is 4.27. The maximum atomic E-state index is 5.98. The highest BCUT2D eigenvalue weighted by atomic mass is 35.5. The van der Waals surface area contributed by atoms with Crippen LogP contribution in [0.1, 0.15) is 24.8 Å². The Morgan fingerprint density at radius 3 is 3.16 bits per heavy atom. The Kier molecular flexibility index (Phi) is 3.76. The molecule has 0 aromatic carbocycles. The zero-order valence-corrected chi connectivity index (χ0v) is 11.9. The number of pyridine rings is 1. The van der Waals surface area contributed by atoms with Crippen LogP contribution in [-0.2, 0) is 0 Å². The molecule has 1 fully saturated rings. The molecular formula is C15H19ClN2O. The van der Waals surface area contributed by atoms with Gasteiger partial charge in [-0.1, -0.05) is 17.7 Å². The topological polar surface area (TPSA) is 34.1 Å². The molecule has 0 spiro atoms. The molecule has 0 bridgehead atoms. The van der Waals surface area contributed by atoms with Crippen molar-refractivity contribution < 1.29 is 4.74 Å². The van der Waals surface area contributed by atoms with Crippen molar-refractivity contribution in [2.24, 2.45) is 11.8 Å². The Bertz CT molecular complexity index is 501. The van der Waals surface area contributed by atoms with Crippen LogP contribution in [0.4, 0.5) is 0 Å². The SMILES string of the molecule is COc1cc(C2=C[C@H]3CNCC[C@H]3CC2)cnc1Cl. The smallest absolute Gasteiger partial charge is 0.171 e. The van der Waals surface area contributed by atoms with Gasteiger partial charge >= 0.3 is 0 Å². The third kappa shape index (κ3) is 2.63. The second-order valence-electron chi connectivity index (χ2n) is 5.36. The highest BCUT2D eigenvalue weighted by Crippen LogP contribution is 2.37. The molecule has 1 N–H and O–H groups in total. The molecular weight excluding hydrogens is 260 g/mol. The number of methoxy groups -OCH3 is 1. The van der Waals surface area contributed by atoms with Crippen molar-refractivity contribution in [3.63, 3.8) is 0 Å². The van der Waals surface area contributed by atoms with Crippen LogP contribution < -0.4 is 10.1 Å². The lowest BCUT2D eigenvalue weighted by Crippen LogP contribution is -2.37. The van der Waals surface area contributed by atoms with Crippen molar-refractivity contribution in [3.05, 3.63) is 29.1 Å². The maximum absolute atomic E-state index is 5.98. The first-order valence-corrected chi connectivity index (χ1v) is 7.27. The third-order valence-corrected chi connectivity index (χ3v) is 4.56. The number of ether oxygens (including phenoxy) is 1. The van der Waals surface area contributed by atoms with E-state index in [1.807, 2.05) is 12.3 Å². The van der Waals surface area contributed by atoms with E-state index in [4.69, 9.17) is 16.3 Å². The molecule has 1 aliphatic carbocycles. The molecule has 3 nitrogen and oxygen atoms in total. The largest absolute Gasteiger partial charge is 0.494 e. The van der Waals surface area contributed by atoms with Crippen LogP contribution in [-0.4, -0.2) is 25.2 Å². The average molecular weight is 279 g/mol. The number of hydrogen-bond acceptors (Lipinski definition) is 3. The zero-order valence-electron chi connectivity index (χ0n) is 11.2. The molecule has 2 atom stereocenters. The first-order chi connectivity index (χ1) is 9.28. The molecule has 1 aromatic rings. The summed E-state index contributed by atoms with van der Waals surface area (Å²) < 4.78 is 5.25. The fourth-order valence-electron chi connectivity index (χ4n) is 3.16. The van der Waals surface area contributed by atoms with Gasteiger partial charge in [-0.3, -0.25) is 0 Å². The molecule has 102 valence electrons. The van der Waals surface area contributed by atoms with Crippen molar-refractivity contribution in [1.82, 2.24) is 10.3 Å². The lowest BCUT2D eigenvalue weighted by Gasteiger charge is -2.34. The minimum atomic E-state index is 0.430. The van der Waals surface area contributed by atoms with E-state index < -0.39 is 0 Å². The van der Waals surface area contributed by atoms with Gasteiger partial charge in [0.25, 0.3) is 0 Å². The monoisotopic (exact) mass is 278 g/mol. The van der Waals surface area contributed by atoms with Gasteiger partial charge in [0.2, 0.25) is 0 Å². The molecule has 0 amide bonds. The van der Waals surface area contributed by atoms with Gasteiger partial charge in [-0.2, -0.15) is 0 Å². The summed E-state index contributed by atoms with van der Waals surface area (Å²) in [6, 6.07) is 2.00. The second-order valence-corrected chi connectivity index (χ2v) is 5.72. The number of allylic oxidation sites excluding steroid dienone is 1. The summed E-state index contributed by atoms with van der Waals surface area (Å²) >= 11 is 5.98. The van der Waals surface area contributed by atoms with Gasteiger partial charge in [-0.15, -0.1) is 0 Å². The number of halogens is 1. The first kappa shape index (κ1) is 12.9. The molecule has 1 saturated heterocycles. The van der Waals surface area contributed by atoms with Crippen molar-refractivity contribution in [2.45, 2.75) is 19.3 Å². The van der Waals surface area contributed by atoms with Gasteiger partial charge < -0.3 is 10.1 Å². The maximum Gasteiger partial charge on any atom is 0.171 e. The molecule has 1 aliphatic heterocycles. The fourth-order valence-corrected chi connectivity index (χ4v) is 3.34. The predicted molar refractivity (Wildman–Crippen MR) is 77.5 cm³/mol. The number of rotatable bonds is 2. The summed E-state index contributed by atoms with van der Waals surface area (Å²) in [5.74, 6) is 2.18. The number of nitrogens with zero attached hydrogens (tertiary/aromatic N) is 1. The predicted octanol–water partition coefficient (Wildman–Crippen LogP) is 3.15. The van der Waals surface area contributed by atoms with Crippen molar-refractivity contribution in [2.75, 3.05) is 20.2 Å². The number of nitrogens with one attached hydrogen (secondary N) is 1.